The molecule has 4 rings (SSSR count). The fourth-order valence-corrected chi connectivity index (χ4v) is 2.80. The summed E-state index contributed by atoms with van der Waals surface area (Å²) < 4.78 is 23.1. The number of aromatic amines is 1. The number of aryl methyl sites for hydroxylation is 2. The molecule has 10 heteroatoms. The molecule has 0 unspecified atom stereocenters. The number of rotatable bonds is 6. The van der Waals surface area contributed by atoms with E-state index in [0.717, 1.165) is 0 Å². The van der Waals surface area contributed by atoms with Crippen LogP contribution in [0.25, 0.3) is 22.8 Å². The van der Waals surface area contributed by atoms with Gasteiger partial charge >= 0.3 is 5.76 Å². The number of nitrogens with zero attached hydrogens (tertiary/aromatic N) is 3. The Hall–Kier alpha value is -4.08. The van der Waals surface area contributed by atoms with Gasteiger partial charge in [-0.3, -0.25) is 14.3 Å². The van der Waals surface area contributed by atoms with Crippen molar-refractivity contribution in [1.29, 1.82) is 0 Å². The average Bonchev–Trinajstić information content (AvgIpc) is 3.38. The third-order valence-electron chi connectivity index (χ3n) is 4.31. The molecule has 2 heterocycles. The summed E-state index contributed by atoms with van der Waals surface area (Å²) in [5.74, 6) is -0.310. The lowest BCUT2D eigenvalue weighted by Crippen LogP contribution is -2.12. The van der Waals surface area contributed by atoms with Gasteiger partial charge in [-0.05, 0) is 42.8 Å². The molecule has 0 fully saturated rings. The third kappa shape index (κ3) is 4.32. The smallest absolute Gasteiger partial charge is 0.339 e. The van der Waals surface area contributed by atoms with Crippen LogP contribution in [0.1, 0.15) is 17.9 Å². The first-order valence-electron chi connectivity index (χ1n) is 9.03. The second-order valence-corrected chi connectivity index (χ2v) is 6.55. The first-order valence-corrected chi connectivity index (χ1v) is 9.03. The molecule has 0 aliphatic heterocycles. The molecule has 9 nitrogen and oxygen atoms in total. The Morgan fingerprint density at radius 3 is 2.77 bits per heavy atom. The molecule has 4 aromatic rings. The van der Waals surface area contributed by atoms with Crippen LogP contribution in [0.2, 0.25) is 0 Å². The molecular formula is C20H16FN5O4. The van der Waals surface area contributed by atoms with Crippen LogP contribution >= 0.6 is 0 Å². The summed E-state index contributed by atoms with van der Waals surface area (Å²) in [6.07, 6.45) is 0.365. The van der Waals surface area contributed by atoms with Crippen molar-refractivity contribution >= 4 is 11.6 Å². The molecule has 2 aromatic carbocycles. The van der Waals surface area contributed by atoms with Crippen LogP contribution < -0.4 is 11.1 Å². The minimum Gasteiger partial charge on any atom is -0.339 e. The molecule has 2 aromatic heterocycles. The van der Waals surface area contributed by atoms with E-state index in [2.05, 4.69) is 30.1 Å². The zero-order valence-corrected chi connectivity index (χ0v) is 15.8. The summed E-state index contributed by atoms with van der Waals surface area (Å²) >= 11 is 0. The van der Waals surface area contributed by atoms with Gasteiger partial charge in [-0.1, -0.05) is 22.4 Å². The van der Waals surface area contributed by atoms with Gasteiger partial charge < -0.3 is 9.84 Å². The predicted octanol–water partition coefficient (Wildman–Crippen LogP) is 3.10. The van der Waals surface area contributed by atoms with Gasteiger partial charge in [0.2, 0.25) is 17.6 Å². The summed E-state index contributed by atoms with van der Waals surface area (Å²) in [6, 6.07) is 11.4. The maximum atomic E-state index is 13.4. The molecule has 0 aliphatic rings. The highest BCUT2D eigenvalue weighted by molar-refractivity contribution is 5.91. The molecule has 0 atom stereocenters. The highest BCUT2D eigenvalue weighted by Crippen LogP contribution is 2.20. The molecule has 1 amide bonds. The van der Waals surface area contributed by atoms with Crippen LogP contribution in [0, 0.1) is 12.7 Å². The number of hydrogen-bond acceptors (Lipinski definition) is 7. The first-order chi connectivity index (χ1) is 14.5. The lowest BCUT2D eigenvalue weighted by molar-refractivity contribution is -0.116. The van der Waals surface area contributed by atoms with Crippen molar-refractivity contribution in [3.05, 3.63) is 70.3 Å². The Labute approximate surface area is 168 Å². The monoisotopic (exact) mass is 409 g/mol. The number of amides is 1. The topological polar surface area (TPSA) is 127 Å². The molecule has 30 heavy (non-hydrogen) atoms. The highest BCUT2D eigenvalue weighted by atomic mass is 19.1. The van der Waals surface area contributed by atoms with Gasteiger partial charge in [0.05, 0.1) is 0 Å². The number of hydrogen-bond donors (Lipinski definition) is 2. The van der Waals surface area contributed by atoms with E-state index in [9.17, 15) is 14.0 Å². The van der Waals surface area contributed by atoms with Crippen LogP contribution in [-0.2, 0) is 11.2 Å². The van der Waals surface area contributed by atoms with Gasteiger partial charge in [0.25, 0.3) is 0 Å². The Bertz CT molecular complexity index is 1260. The zero-order chi connectivity index (χ0) is 21.1. The summed E-state index contributed by atoms with van der Waals surface area (Å²) in [6.45, 7) is 1.65. The van der Waals surface area contributed by atoms with E-state index in [1.807, 2.05) is 0 Å². The standard InChI is InChI=1S/C20H16FN5O4/c1-11-9-13(5-6-15(11)21)18-23-17(29-25-18)8-7-16(27)22-14-4-2-3-12(10-14)19-24-20(28)30-26-19/h2-6,9-10H,7-8H2,1H3,(H,22,27)(H,24,26,28). The molecule has 0 aliphatic carbocycles. The number of nitrogens with one attached hydrogen (secondary N) is 2. The van der Waals surface area contributed by atoms with E-state index in [0.29, 0.717) is 34.1 Å². The summed E-state index contributed by atoms with van der Waals surface area (Å²) in [4.78, 5) is 30.0. The number of halogens is 1. The minimum atomic E-state index is -0.658. The lowest BCUT2D eigenvalue weighted by atomic mass is 10.1. The second kappa shape index (κ2) is 8.11. The molecule has 0 spiro atoms. The summed E-state index contributed by atoms with van der Waals surface area (Å²) in [7, 11) is 0. The molecule has 152 valence electrons. The van der Waals surface area contributed by atoms with Crippen molar-refractivity contribution in [2.24, 2.45) is 0 Å². The Morgan fingerprint density at radius 1 is 1.13 bits per heavy atom. The number of aromatic nitrogens is 4. The number of anilines is 1. The zero-order valence-electron chi connectivity index (χ0n) is 15.8. The van der Waals surface area contributed by atoms with Crippen molar-refractivity contribution < 1.29 is 18.2 Å². The molecule has 2 N–H and O–H groups in total. The molecule has 0 saturated carbocycles. The van der Waals surface area contributed by atoms with Crippen LogP contribution in [0.4, 0.5) is 10.1 Å². The van der Waals surface area contributed by atoms with Crippen molar-refractivity contribution in [2.75, 3.05) is 5.32 Å². The molecule has 0 saturated heterocycles. The highest BCUT2D eigenvalue weighted by Gasteiger charge is 2.12. The normalized spacial score (nSPS) is 10.9. The maximum absolute atomic E-state index is 13.4. The van der Waals surface area contributed by atoms with Crippen molar-refractivity contribution in [3.63, 3.8) is 0 Å². The minimum absolute atomic E-state index is 0.120. The van der Waals surface area contributed by atoms with E-state index in [1.165, 1.54) is 6.07 Å². The lowest BCUT2D eigenvalue weighted by Gasteiger charge is -2.05. The second-order valence-electron chi connectivity index (χ2n) is 6.55. The molecular weight excluding hydrogens is 393 g/mol. The fourth-order valence-electron chi connectivity index (χ4n) is 2.80. The van der Waals surface area contributed by atoms with E-state index >= 15 is 0 Å². The van der Waals surface area contributed by atoms with E-state index in [4.69, 9.17) is 4.52 Å². The van der Waals surface area contributed by atoms with Gasteiger partial charge in [0, 0.05) is 29.7 Å². The van der Waals surface area contributed by atoms with Crippen molar-refractivity contribution in [1.82, 2.24) is 20.3 Å². The Balaban J connectivity index is 1.37. The predicted molar refractivity (Wildman–Crippen MR) is 104 cm³/mol. The van der Waals surface area contributed by atoms with E-state index < -0.39 is 5.76 Å². The van der Waals surface area contributed by atoms with Gasteiger partial charge in [0.1, 0.15) is 5.82 Å². The van der Waals surface area contributed by atoms with E-state index in [1.54, 1.807) is 43.3 Å². The first kappa shape index (κ1) is 19.2. The van der Waals surface area contributed by atoms with Crippen LogP contribution in [0.3, 0.4) is 0 Å². The third-order valence-corrected chi connectivity index (χ3v) is 4.31. The molecule has 0 radical (unpaired) electrons. The van der Waals surface area contributed by atoms with Crippen molar-refractivity contribution in [3.8, 4) is 22.8 Å². The fraction of sp³-hybridized carbons (Fsp3) is 0.150. The Morgan fingerprint density at radius 2 is 2.00 bits per heavy atom. The van der Waals surface area contributed by atoms with Crippen LogP contribution in [0.15, 0.2) is 56.3 Å². The van der Waals surface area contributed by atoms with Gasteiger partial charge in [0.15, 0.2) is 5.82 Å². The van der Waals surface area contributed by atoms with Crippen LogP contribution in [-0.4, -0.2) is 26.2 Å². The Kier molecular flexibility index (Phi) is 5.21. The quantitative estimate of drug-likeness (QED) is 0.501. The van der Waals surface area contributed by atoms with Gasteiger partial charge in [-0.25, -0.2) is 9.18 Å². The number of benzene rings is 2. The summed E-state index contributed by atoms with van der Waals surface area (Å²) in [5.41, 5.74) is 2.25. The van der Waals surface area contributed by atoms with Crippen molar-refractivity contribution in [2.45, 2.75) is 19.8 Å². The van der Waals surface area contributed by atoms with Gasteiger partial charge in [-0.15, -0.1) is 0 Å². The largest absolute Gasteiger partial charge is 0.439 e. The SMILES string of the molecule is Cc1cc(-c2noc(CCC(=O)Nc3cccc(-c4noc(=O)[nH]4)c3)n2)ccc1F. The number of carbonyl (C=O) groups excluding carboxylic acids is 1. The average molecular weight is 409 g/mol. The van der Waals surface area contributed by atoms with E-state index in [-0.39, 0.29) is 30.4 Å². The summed E-state index contributed by atoms with van der Waals surface area (Å²) in [5, 5.41) is 10.3. The van der Waals surface area contributed by atoms with Crippen LogP contribution in [0.5, 0.6) is 0 Å². The van der Waals surface area contributed by atoms with Gasteiger partial charge in [-0.2, -0.15) is 4.98 Å². The maximum Gasteiger partial charge on any atom is 0.439 e. The molecule has 0 bridgehead atoms. The number of carbonyl (C=O) groups is 1. The number of H-pyrrole nitrogens is 1.